The first-order valence-electron chi connectivity index (χ1n) is 6.14. The second-order valence-corrected chi connectivity index (χ2v) is 4.36. The van der Waals surface area contributed by atoms with Gasteiger partial charge >= 0.3 is 0 Å². The average molecular weight is 270 g/mol. The summed E-state index contributed by atoms with van der Waals surface area (Å²) in [4.78, 5) is 16.7. The molecule has 1 atom stereocenters. The molecule has 7 heteroatoms. The molecule has 0 aliphatic heterocycles. The Balaban J connectivity index is 2.19. The minimum atomic E-state index is -0.0340. The molecule has 0 aliphatic rings. The van der Waals surface area contributed by atoms with Gasteiger partial charge in [0, 0.05) is 12.4 Å². The predicted molar refractivity (Wildman–Crippen MR) is 74.3 cm³/mol. The Morgan fingerprint density at radius 2 is 2.20 bits per heavy atom. The number of ether oxygens (including phenoxy) is 1. The van der Waals surface area contributed by atoms with E-state index >= 15 is 0 Å². The van der Waals surface area contributed by atoms with Crippen molar-refractivity contribution in [2.75, 3.05) is 12.8 Å². The van der Waals surface area contributed by atoms with Gasteiger partial charge in [-0.1, -0.05) is 6.07 Å². The molecule has 7 nitrogen and oxygen atoms in total. The summed E-state index contributed by atoms with van der Waals surface area (Å²) in [5, 5.41) is 0. The Morgan fingerprint density at radius 3 is 2.90 bits per heavy atom. The van der Waals surface area contributed by atoms with Gasteiger partial charge in [-0.15, -0.1) is 0 Å². The first-order chi connectivity index (χ1) is 9.72. The topological polar surface area (TPSA) is 91.7 Å². The highest BCUT2D eigenvalue weighted by molar-refractivity contribution is 5.79. The Kier molecular flexibility index (Phi) is 2.94. The molecule has 0 saturated carbocycles. The number of pyridine rings is 1. The average Bonchev–Trinajstić information content (AvgIpc) is 2.83. The summed E-state index contributed by atoms with van der Waals surface area (Å²) < 4.78 is 7.03. The molecule has 3 rings (SSSR count). The molecule has 0 spiro atoms. The molecule has 0 aromatic carbocycles. The lowest BCUT2D eigenvalue weighted by Crippen LogP contribution is -2.11. The van der Waals surface area contributed by atoms with E-state index in [0.717, 1.165) is 5.56 Å². The van der Waals surface area contributed by atoms with E-state index in [1.165, 1.54) is 6.33 Å². The van der Waals surface area contributed by atoms with E-state index in [0.29, 0.717) is 23.0 Å². The summed E-state index contributed by atoms with van der Waals surface area (Å²) in [7, 11) is 1.54. The lowest BCUT2D eigenvalue weighted by atomic mass is 10.1. The van der Waals surface area contributed by atoms with Gasteiger partial charge in [-0.05, 0) is 18.6 Å². The summed E-state index contributed by atoms with van der Waals surface area (Å²) in [6.07, 6.45) is 4.97. The van der Waals surface area contributed by atoms with Crippen LogP contribution in [0, 0.1) is 0 Å². The van der Waals surface area contributed by atoms with Crippen molar-refractivity contribution in [1.29, 1.82) is 0 Å². The molecule has 102 valence electrons. The number of hydrogen-bond acceptors (Lipinski definition) is 6. The first kappa shape index (κ1) is 12.3. The van der Waals surface area contributed by atoms with Crippen LogP contribution in [0.5, 0.6) is 5.88 Å². The molecule has 20 heavy (non-hydrogen) atoms. The van der Waals surface area contributed by atoms with Gasteiger partial charge in [-0.2, -0.15) is 4.98 Å². The van der Waals surface area contributed by atoms with Crippen molar-refractivity contribution in [2.45, 2.75) is 13.0 Å². The van der Waals surface area contributed by atoms with Crippen LogP contribution in [0.15, 0.2) is 30.9 Å². The summed E-state index contributed by atoms with van der Waals surface area (Å²) in [5.41, 5.74) is 8.25. The van der Waals surface area contributed by atoms with Crippen molar-refractivity contribution in [3.05, 3.63) is 36.4 Å². The van der Waals surface area contributed by atoms with E-state index in [-0.39, 0.29) is 6.04 Å². The highest BCUT2D eigenvalue weighted by atomic mass is 16.5. The van der Waals surface area contributed by atoms with Gasteiger partial charge in [0.05, 0.1) is 13.2 Å². The monoisotopic (exact) mass is 270 g/mol. The summed E-state index contributed by atoms with van der Waals surface area (Å²) >= 11 is 0. The minimum absolute atomic E-state index is 0.0340. The van der Waals surface area contributed by atoms with Crippen molar-refractivity contribution in [1.82, 2.24) is 24.5 Å². The standard InChI is InChI=1S/C13H14N6O/c1-8(9-4-3-5-15-6-9)19-11-10(18-13(19)14)12(20-2)17-7-16-11/h3-8H,1-2H3,(H2,14,18). The zero-order chi connectivity index (χ0) is 14.1. The maximum Gasteiger partial charge on any atom is 0.245 e. The lowest BCUT2D eigenvalue weighted by Gasteiger charge is -2.15. The molecular weight excluding hydrogens is 256 g/mol. The van der Waals surface area contributed by atoms with Crippen LogP contribution in [-0.2, 0) is 0 Å². The quantitative estimate of drug-likeness (QED) is 0.773. The highest BCUT2D eigenvalue weighted by Crippen LogP contribution is 2.28. The number of nitrogens with zero attached hydrogens (tertiary/aromatic N) is 5. The summed E-state index contributed by atoms with van der Waals surface area (Å²) in [5.74, 6) is 0.786. The normalized spacial score (nSPS) is 12.5. The molecular formula is C13H14N6O. The predicted octanol–water partition coefficient (Wildman–Crippen LogP) is 1.42. The Morgan fingerprint density at radius 1 is 1.35 bits per heavy atom. The second-order valence-electron chi connectivity index (χ2n) is 4.36. The summed E-state index contributed by atoms with van der Waals surface area (Å²) in [6.45, 7) is 2.02. The molecule has 2 N–H and O–H groups in total. The Labute approximate surface area is 115 Å². The summed E-state index contributed by atoms with van der Waals surface area (Å²) in [6, 6.07) is 3.84. The van der Waals surface area contributed by atoms with E-state index in [2.05, 4.69) is 19.9 Å². The minimum Gasteiger partial charge on any atom is -0.479 e. The number of hydrogen-bond donors (Lipinski definition) is 1. The van der Waals surface area contributed by atoms with E-state index < -0.39 is 0 Å². The number of rotatable bonds is 3. The molecule has 0 saturated heterocycles. The fraction of sp³-hybridized carbons (Fsp3) is 0.231. The van der Waals surface area contributed by atoms with Crippen molar-refractivity contribution in [2.24, 2.45) is 0 Å². The first-order valence-corrected chi connectivity index (χ1v) is 6.14. The van der Waals surface area contributed by atoms with Crippen LogP contribution in [0.3, 0.4) is 0 Å². The number of aromatic nitrogens is 5. The molecule has 0 amide bonds. The Bertz CT molecular complexity index is 739. The third-order valence-corrected chi connectivity index (χ3v) is 3.22. The Hall–Kier alpha value is -2.70. The van der Waals surface area contributed by atoms with Gasteiger partial charge in [0.15, 0.2) is 11.2 Å². The molecule has 1 unspecified atom stereocenters. The van der Waals surface area contributed by atoms with E-state index in [1.54, 1.807) is 19.5 Å². The molecule has 0 fully saturated rings. The number of fused-ring (bicyclic) bond motifs is 1. The van der Waals surface area contributed by atoms with Gasteiger partial charge in [0.25, 0.3) is 0 Å². The smallest absolute Gasteiger partial charge is 0.245 e. The van der Waals surface area contributed by atoms with Crippen LogP contribution < -0.4 is 10.5 Å². The highest BCUT2D eigenvalue weighted by Gasteiger charge is 2.19. The van der Waals surface area contributed by atoms with E-state index in [9.17, 15) is 0 Å². The van der Waals surface area contributed by atoms with Crippen LogP contribution in [0.4, 0.5) is 5.95 Å². The molecule has 3 aromatic heterocycles. The van der Waals surface area contributed by atoms with Crippen molar-refractivity contribution in [3.8, 4) is 5.88 Å². The maximum atomic E-state index is 6.02. The zero-order valence-electron chi connectivity index (χ0n) is 11.2. The van der Waals surface area contributed by atoms with Crippen molar-refractivity contribution < 1.29 is 4.74 Å². The third kappa shape index (κ3) is 1.83. The van der Waals surface area contributed by atoms with Gasteiger partial charge in [-0.3, -0.25) is 9.55 Å². The SMILES string of the molecule is COc1ncnc2c1nc(N)n2C(C)c1cccnc1. The number of methoxy groups -OCH3 is 1. The fourth-order valence-electron chi connectivity index (χ4n) is 2.21. The third-order valence-electron chi connectivity index (χ3n) is 3.22. The number of nitrogen functional groups attached to an aromatic ring is 1. The number of imidazole rings is 1. The van der Waals surface area contributed by atoms with Gasteiger partial charge in [0.1, 0.15) is 6.33 Å². The fourth-order valence-corrected chi connectivity index (χ4v) is 2.21. The molecule has 0 bridgehead atoms. The lowest BCUT2D eigenvalue weighted by molar-refractivity contribution is 0.401. The molecule has 0 aliphatic carbocycles. The van der Waals surface area contributed by atoms with Gasteiger partial charge in [0.2, 0.25) is 11.8 Å². The van der Waals surface area contributed by atoms with Crippen LogP contribution in [0.1, 0.15) is 18.5 Å². The largest absolute Gasteiger partial charge is 0.479 e. The van der Waals surface area contributed by atoms with Crippen LogP contribution in [-0.4, -0.2) is 31.6 Å². The number of anilines is 1. The molecule has 0 radical (unpaired) electrons. The van der Waals surface area contributed by atoms with Crippen LogP contribution >= 0.6 is 0 Å². The van der Waals surface area contributed by atoms with Crippen LogP contribution in [0.2, 0.25) is 0 Å². The second kappa shape index (κ2) is 4.76. The van der Waals surface area contributed by atoms with Gasteiger partial charge in [-0.25, -0.2) is 9.97 Å². The maximum absolute atomic E-state index is 6.02. The van der Waals surface area contributed by atoms with E-state index in [1.807, 2.05) is 23.6 Å². The van der Waals surface area contributed by atoms with Crippen LogP contribution in [0.25, 0.3) is 11.2 Å². The zero-order valence-corrected chi connectivity index (χ0v) is 11.2. The van der Waals surface area contributed by atoms with Crippen molar-refractivity contribution in [3.63, 3.8) is 0 Å². The molecule has 3 heterocycles. The van der Waals surface area contributed by atoms with E-state index in [4.69, 9.17) is 10.5 Å². The number of nitrogens with two attached hydrogens (primary N) is 1. The van der Waals surface area contributed by atoms with Crippen molar-refractivity contribution >= 4 is 17.1 Å². The molecule has 3 aromatic rings. The van der Waals surface area contributed by atoms with Gasteiger partial charge < -0.3 is 10.5 Å².